The van der Waals surface area contributed by atoms with Crippen molar-refractivity contribution in [3.8, 4) is 5.75 Å². The van der Waals surface area contributed by atoms with Crippen LogP contribution in [0.1, 0.15) is 38.2 Å². The van der Waals surface area contributed by atoms with E-state index in [1.165, 1.54) is 0 Å². The van der Waals surface area contributed by atoms with Crippen LogP contribution in [0.15, 0.2) is 45.7 Å². The molecule has 0 atom stereocenters. The van der Waals surface area contributed by atoms with E-state index in [0.717, 1.165) is 44.0 Å². The zero-order valence-corrected chi connectivity index (χ0v) is 19.0. The van der Waals surface area contributed by atoms with Crippen molar-refractivity contribution in [2.75, 3.05) is 32.8 Å². The number of fused-ring (bicyclic) bond motifs is 1. The third-order valence-corrected chi connectivity index (χ3v) is 8.02. The summed E-state index contributed by atoms with van der Waals surface area (Å²) in [5, 5.41) is 0. The molecule has 0 aliphatic carbocycles. The summed E-state index contributed by atoms with van der Waals surface area (Å²) < 4.78 is 40.5. The van der Waals surface area contributed by atoms with Crippen molar-refractivity contribution in [3.63, 3.8) is 0 Å². The summed E-state index contributed by atoms with van der Waals surface area (Å²) in [4.78, 5) is 2.67. The molecule has 3 heterocycles. The number of likely N-dealkylation sites (tertiary alicyclic amines) is 1. The second-order valence-corrected chi connectivity index (χ2v) is 11.1. The highest BCUT2D eigenvalue weighted by atomic mass is 32.2. The first-order valence-corrected chi connectivity index (χ1v) is 12.2. The van der Waals surface area contributed by atoms with Gasteiger partial charge in [0.05, 0.1) is 13.2 Å². The molecule has 0 amide bonds. The number of hydrogen-bond donors (Lipinski definition) is 0. The van der Waals surface area contributed by atoms with Crippen LogP contribution in [0, 0.1) is 18.3 Å². The fraction of sp³-hybridized carbons (Fsp3) is 0.565. The number of benzene rings is 1. The van der Waals surface area contributed by atoms with Crippen LogP contribution in [0.3, 0.4) is 0 Å². The maximum Gasteiger partial charge on any atom is 0.246 e. The van der Waals surface area contributed by atoms with Crippen molar-refractivity contribution in [1.82, 2.24) is 9.21 Å². The van der Waals surface area contributed by atoms with Crippen LogP contribution in [0.5, 0.6) is 5.75 Å². The number of sulfonamides is 1. The minimum atomic E-state index is -3.59. The maximum atomic E-state index is 13.5. The van der Waals surface area contributed by atoms with Gasteiger partial charge < -0.3 is 9.15 Å². The maximum absolute atomic E-state index is 13.5. The van der Waals surface area contributed by atoms with Crippen molar-refractivity contribution < 1.29 is 17.6 Å². The molecule has 0 unspecified atom stereocenters. The molecule has 6 nitrogen and oxygen atoms in total. The minimum absolute atomic E-state index is 0.176. The summed E-state index contributed by atoms with van der Waals surface area (Å²) in [6, 6.07) is 11.1. The number of aryl methyl sites for hydroxylation is 1. The Morgan fingerprint density at radius 3 is 2.50 bits per heavy atom. The number of furan rings is 1. The quantitative estimate of drug-likeness (QED) is 0.733. The fourth-order valence-corrected chi connectivity index (χ4v) is 6.35. The molecule has 7 heteroatoms. The molecule has 0 saturated carbocycles. The molecule has 0 bridgehead atoms. The van der Waals surface area contributed by atoms with Crippen LogP contribution in [0.2, 0.25) is 0 Å². The number of ether oxygens (including phenoxy) is 1. The summed E-state index contributed by atoms with van der Waals surface area (Å²) >= 11 is 0. The Kier molecular flexibility index (Phi) is 5.97. The first-order valence-electron chi connectivity index (χ1n) is 10.8. The second-order valence-electron chi connectivity index (χ2n) is 9.22. The molecule has 4 rings (SSSR count). The van der Waals surface area contributed by atoms with E-state index in [0.29, 0.717) is 25.4 Å². The lowest BCUT2D eigenvalue weighted by Gasteiger charge is -2.45. The molecule has 0 N–H and O–H groups in total. The van der Waals surface area contributed by atoms with E-state index in [1.807, 2.05) is 25.1 Å². The zero-order valence-electron chi connectivity index (χ0n) is 18.1. The van der Waals surface area contributed by atoms with Gasteiger partial charge in [0.1, 0.15) is 22.2 Å². The third kappa shape index (κ3) is 4.43. The zero-order chi connectivity index (χ0) is 21.4. The Balaban J connectivity index is 1.56. The van der Waals surface area contributed by atoms with Gasteiger partial charge >= 0.3 is 0 Å². The average Bonchev–Trinajstić information content (AvgIpc) is 3.11. The van der Waals surface area contributed by atoms with Crippen molar-refractivity contribution in [2.24, 2.45) is 11.3 Å². The minimum Gasteiger partial charge on any atom is -0.492 e. The average molecular weight is 433 g/mol. The highest BCUT2D eigenvalue weighted by molar-refractivity contribution is 7.89. The van der Waals surface area contributed by atoms with Gasteiger partial charge in [0.15, 0.2) is 0 Å². The molecule has 1 aromatic heterocycles. The SMILES string of the molecule is Cc1ccc(CN2CCC3(CC2)COc2ccccc2S(=O)(=O)N(CC(C)C)C3)o1. The monoisotopic (exact) mass is 432 g/mol. The fourth-order valence-electron chi connectivity index (χ4n) is 4.51. The first kappa shape index (κ1) is 21.4. The van der Waals surface area contributed by atoms with Gasteiger partial charge in [0, 0.05) is 18.5 Å². The van der Waals surface area contributed by atoms with Crippen molar-refractivity contribution >= 4 is 10.0 Å². The van der Waals surface area contributed by atoms with E-state index >= 15 is 0 Å². The van der Waals surface area contributed by atoms with E-state index in [2.05, 4.69) is 18.7 Å². The number of nitrogens with zero attached hydrogens (tertiary/aromatic N) is 2. The lowest BCUT2D eigenvalue weighted by atomic mass is 9.78. The molecular formula is C23H32N2O4S. The number of para-hydroxylation sites is 1. The normalized spacial score (nSPS) is 21.7. The molecule has 2 aromatic rings. The highest BCUT2D eigenvalue weighted by Gasteiger charge is 2.43. The van der Waals surface area contributed by atoms with E-state index in [-0.39, 0.29) is 16.2 Å². The Hall–Kier alpha value is -1.83. The van der Waals surface area contributed by atoms with Crippen molar-refractivity contribution in [1.29, 1.82) is 0 Å². The van der Waals surface area contributed by atoms with Gasteiger partial charge in [-0.25, -0.2) is 8.42 Å². The van der Waals surface area contributed by atoms with Gasteiger partial charge in [-0.1, -0.05) is 26.0 Å². The van der Waals surface area contributed by atoms with Crippen LogP contribution in [0.4, 0.5) is 0 Å². The Bertz CT molecular complexity index is 975. The molecule has 1 spiro atoms. The van der Waals surface area contributed by atoms with Gasteiger partial charge in [-0.2, -0.15) is 4.31 Å². The predicted octanol–water partition coefficient (Wildman–Crippen LogP) is 3.91. The summed E-state index contributed by atoms with van der Waals surface area (Å²) in [6.45, 7) is 10.3. The number of rotatable bonds is 4. The van der Waals surface area contributed by atoms with Crippen molar-refractivity contribution in [3.05, 3.63) is 47.9 Å². The van der Waals surface area contributed by atoms with E-state index in [9.17, 15) is 8.42 Å². The molecule has 1 fully saturated rings. The standard InChI is InChI=1S/C23H32N2O4S/c1-18(2)14-25-16-23(17-28-21-6-4-5-7-22(21)30(25,26)27)10-12-24(13-11-23)15-20-9-8-19(3)29-20/h4-9,18H,10-17H2,1-3H3. The molecular weight excluding hydrogens is 400 g/mol. The van der Waals surface area contributed by atoms with Crippen LogP contribution in [-0.4, -0.2) is 50.4 Å². The molecule has 2 aliphatic heterocycles. The van der Waals surface area contributed by atoms with Gasteiger partial charge in [0.25, 0.3) is 0 Å². The van der Waals surface area contributed by atoms with Crippen LogP contribution < -0.4 is 4.74 Å². The van der Waals surface area contributed by atoms with Gasteiger partial charge in [0.2, 0.25) is 10.0 Å². The van der Waals surface area contributed by atoms with Gasteiger partial charge in [-0.3, -0.25) is 4.90 Å². The number of piperidine rings is 1. The van der Waals surface area contributed by atoms with E-state index < -0.39 is 10.0 Å². The van der Waals surface area contributed by atoms with Crippen molar-refractivity contribution in [2.45, 2.75) is 45.1 Å². The summed E-state index contributed by atoms with van der Waals surface area (Å²) in [5.41, 5.74) is -0.176. The van der Waals surface area contributed by atoms with Crippen LogP contribution in [0.25, 0.3) is 0 Å². The predicted molar refractivity (Wildman–Crippen MR) is 116 cm³/mol. The van der Waals surface area contributed by atoms with Gasteiger partial charge in [-0.05, 0) is 63.0 Å². The lowest BCUT2D eigenvalue weighted by molar-refractivity contribution is 0.0290. The molecule has 30 heavy (non-hydrogen) atoms. The Labute approximate surface area is 179 Å². The Morgan fingerprint density at radius 1 is 1.10 bits per heavy atom. The van der Waals surface area contributed by atoms with Crippen LogP contribution in [-0.2, 0) is 16.6 Å². The Morgan fingerprint density at radius 2 is 1.83 bits per heavy atom. The van der Waals surface area contributed by atoms with Gasteiger partial charge in [-0.15, -0.1) is 0 Å². The number of hydrogen-bond acceptors (Lipinski definition) is 5. The largest absolute Gasteiger partial charge is 0.492 e. The summed E-state index contributed by atoms with van der Waals surface area (Å²) in [6.07, 6.45) is 1.80. The summed E-state index contributed by atoms with van der Waals surface area (Å²) in [7, 11) is -3.59. The third-order valence-electron chi connectivity index (χ3n) is 6.17. The lowest BCUT2D eigenvalue weighted by Crippen LogP contribution is -2.52. The first-order chi connectivity index (χ1) is 14.3. The van der Waals surface area contributed by atoms with E-state index in [4.69, 9.17) is 9.15 Å². The molecule has 2 aliphatic rings. The molecule has 1 aromatic carbocycles. The van der Waals surface area contributed by atoms with Crippen LogP contribution >= 0.6 is 0 Å². The highest BCUT2D eigenvalue weighted by Crippen LogP contribution is 2.39. The summed E-state index contributed by atoms with van der Waals surface area (Å²) in [5.74, 6) is 2.64. The second kappa shape index (κ2) is 8.36. The smallest absolute Gasteiger partial charge is 0.246 e. The topological polar surface area (TPSA) is 63.0 Å². The molecule has 1 saturated heterocycles. The molecule has 164 valence electrons. The van der Waals surface area contributed by atoms with E-state index in [1.54, 1.807) is 22.5 Å². The molecule has 0 radical (unpaired) electrons.